The van der Waals surface area contributed by atoms with Crippen LogP contribution in [0.4, 0.5) is 5.69 Å². The highest BCUT2D eigenvalue weighted by molar-refractivity contribution is 9.10. The molecule has 1 rings (SSSR count). The zero-order valence-corrected chi connectivity index (χ0v) is 12.9. The van der Waals surface area contributed by atoms with Crippen LogP contribution in [0.25, 0.3) is 0 Å². The molecule has 0 aromatic carbocycles. The SMILES string of the molecule is O=c1c(Br)c(NCCSCCCO)cnn1CCO. The third-order valence-electron chi connectivity index (χ3n) is 2.31. The van der Waals surface area contributed by atoms with Crippen LogP contribution in [0.1, 0.15) is 6.42 Å². The molecule has 0 amide bonds. The molecule has 8 heteroatoms. The van der Waals surface area contributed by atoms with Crippen molar-refractivity contribution >= 4 is 33.4 Å². The number of hydrogen-bond acceptors (Lipinski definition) is 6. The van der Waals surface area contributed by atoms with Crippen LogP contribution in [0.5, 0.6) is 0 Å². The van der Waals surface area contributed by atoms with Gasteiger partial charge >= 0.3 is 0 Å². The van der Waals surface area contributed by atoms with E-state index in [9.17, 15) is 4.79 Å². The van der Waals surface area contributed by atoms with E-state index in [1.807, 2.05) is 0 Å². The normalized spacial score (nSPS) is 10.7. The molecule has 0 unspecified atom stereocenters. The summed E-state index contributed by atoms with van der Waals surface area (Å²) in [6.45, 7) is 1.02. The van der Waals surface area contributed by atoms with E-state index in [0.29, 0.717) is 10.2 Å². The molecule has 1 aromatic rings. The Labute approximate surface area is 124 Å². The maximum absolute atomic E-state index is 11.8. The molecule has 0 atom stereocenters. The largest absolute Gasteiger partial charge is 0.396 e. The molecule has 0 aliphatic heterocycles. The molecule has 0 aliphatic carbocycles. The van der Waals surface area contributed by atoms with Crippen LogP contribution in [0.3, 0.4) is 0 Å². The van der Waals surface area contributed by atoms with Gasteiger partial charge in [-0.25, -0.2) is 4.68 Å². The number of rotatable bonds is 9. The van der Waals surface area contributed by atoms with Crippen molar-refractivity contribution in [3.8, 4) is 0 Å². The average molecular weight is 352 g/mol. The first-order valence-electron chi connectivity index (χ1n) is 5.99. The van der Waals surface area contributed by atoms with Gasteiger partial charge in [0.15, 0.2) is 0 Å². The van der Waals surface area contributed by atoms with Gasteiger partial charge in [-0.2, -0.15) is 16.9 Å². The summed E-state index contributed by atoms with van der Waals surface area (Å²) in [6, 6.07) is 0. The van der Waals surface area contributed by atoms with Crippen molar-refractivity contribution in [2.24, 2.45) is 0 Å². The van der Waals surface area contributed by atoms with E-state index in [0.717, 1.165) is 24.5 Å². The Balaban J connectivity index is 2.46. The van der Waals surface area contributed by atoms with Gasteiger partial charge in [0.05, 0.1) is 25.0 Å². The highest BCUT2D eigenvalue weighted by Crippen LogP contribution is 2.16. The van der Waals surface area contributed by atoms with Gasteiger partial charge in [0.2, 0.25) is 0 Å². The standard InChI is InChI=1S/C11H18BrN3O3S/c12-10-9(13-2-7-19-6-1-4-16)8-14-15(3-5-17)11(10)18/h8,13,16-17H,1-7H2. The number of aliphatic hydroxyl groups excluding tert-OH is 2. The van der Waals surface area contributed by atoms with Gasteiger partial charge in [0.25, 0.3) is 5.56 Å². The summed E-state index contributed by atoms with van der Waals surface area (Å²) in [7, 11) is 0. The molecule has 0 spiro atoms. The lowest BCUT2D eigenvalue weighted by Crippen LogP contribution is -2.26. The molecule has 0 bridgehead atoms. The first-order chi connectivity index (χ1) is 9.20. The summed E-state index contributed by atoms with van der Waals surface area (Å²) < 4.78 is 1.64. The number of aliphatic hydroxyl groups is 2. The summed E-state index contributed by atoms with van der Waals surface area (Å²) in [6.07, 6.45) is 2.37. The van der Waals surface area contributed by atoms with Gasteiger partial charge in [0.1, 0.15) is 4.47 Å². The van der Waals surface area contributed by atoms with Gasteiger partial charge in [0, 0.05) is 18.9 Å². The lowest BCUT2D eigenvalue weighted by atomic mass is 10.4. The predicted octanol–water partition coefficient (Wildman–Crippen LogP) is 0.526. The molecule has 0 fully saturated rings. The minimum absolute atomic E-state index is 0.117. The van der Waals surface area contributed by atoms with Crippen molar-refractivity contribution in [3.63, 3.8) is 0 Å². The summed E-state index contributed by atoms with van der Waals surface area (Å²) in [5.41, 5.74) is 0.397. The summed E-state index contributed by atoms with van der Waals surface area (Å²) >= 11 is 4.98. The van der Waals surface area contributed by atoms with Crippen molar-refractivity contribution in [2.75, 3.05) is 36.6 Å². The Morgan fingerprint density at radius 2 is 2.16 bits per heavy atom. The maximum atomic E-state index is 11.8. The molecule has 19 heavy (non-hydrogen) atoms. The van der Waals surface area contributed by atoms with E-state index in [-0.39, 0.29) is 25.3 Å². The fourth-order valence-corrected chi connectivity index (χ4v) is 2.60. The molecular weight excluding hydrogens is 334 g/mol. The fourth-order valence-electron chi connectivity index (χ4n) is 1.37. The van der Waals surface area contributed by atoms with E-state index in [2.05, 4.69) is 26.3 Å². The van der Waals surface area contributed by atoms with Gasteiger partial charge in [-0.05, 0) is 28.1 Å². The van der Waals surface area contributed by atoms with Crippen LogP contribution in [-0.2, 0) is 6.54 Å². The van der Waals surface area contributed by atoms with Crippen LogP contribution in [0.15, 0.2) is 15.5 Å². The van der Waals surface area contributed by atoms with E-state index >= 15 is 0 Å². The van der Waals surface area contributed by atoms with Crippen LogP contribution >= 0.6 is 27.7 Å². The highest BCUT2D eigenvalue weighted by Gasteiger charge is 2.07. The van der Waals surface area contributed by atoms with E-state index in [4.69, 9.17) is 10.2 Å². The molecule has 0 aliphatic rings. The summed E-state index contributed by atoms with van der Waals surface area (Å²) in [4.78, 5) is 11.8. The van der Waals surface area contributed by atoms with Crippen LogP contribution in [0, 0.1) is 0 Å². The van der Waals surface area contributed by atoms with Gasteiger partial charge < -0.3 is 15.5 Å². The summed E-state index contributed by atoms with van der Waals surface area (Å²) in [5, 5.41) is 24.5. The highest BCUT2D eigenvalue weighted by atomic mass is 79.9. The molecule has 0 radical (unpaired) electrons. The molecule has 0 saturated heterocycles. The van der Waals surface area contributed by atoms with Crippen molar-refractivity contribution < 1.29 is 10.2 Å². The Morgan fingerprint density at radius 3 is 2.84 bits per heavy atom. The van der Waals surface area contributed by atoms with Crippen molar-refractivity contribution in [1.29, 1.82) is 0 Å². The molecule has 3 N–H and O–H groups in total. The first-order valence-corrected chi connectivity index (χ1v) is 7.94. The molecule has 0 saturated carbocycles. The zero-order valence-electron chi connectivity index (χ0n) is 10.5. The van der Waals surface area contributed by atoms with Crippen LogP contribution < -0.4 is 10.9 Å². The lowest BCUT2D eigenvalue weighted by Gasteiger charge is -2.09. The Kier molecular flexibility index (Phi) is 8.11. The quantitative estimate of drug-likeness (QED) is 0.562. The van der Waals surface area contributed by atoms with Crippen molar-refractivity contribution in [1.82, 2.24) is 9.78 Å². The number of thioether (sulfide) groups is 1. The molecule has 1 heterocycles. The first kappa shape index (κ1) is 16.5. The number of nitrogens with zero attached hydrogens (tertiary/aromatic N) is 2. The monoisotopic (exact) mass is 351 g/mol. The average Bonchev–Trinajstić information content (AvgIpc) is 2.41. The second kappa shape index (κ2) is 9.35. The molecular formula is C11H18BrN3O3S. The Hall–Kier alpha value is -0.570. The van der Waals surface area contributed by atoms with Gasteiger partial charge in [-0.1, -0.05) is 0 Å². The molecule has 1 aromatic heterocycles. The second-order valence-corrected chi connectivity index (χ2v) is 5.76. The smallest absolute Gasteiger partial charge is 0.283 e. The third kappa shape index (κ3) is 5.52. The second-order valence-electron chi connectivity index (χ2n) is 3.74. The van der Waals surface area contributed by atoms with Crippen molar-refractivity contribution in [2.45, 2.75) is 13.0 Å². The van der Waals surface area contributed by atoms with E-state index in [1.54, 1.807) is 18.0 Å². The molecule has 108 valence electrons. The van der Waals surface area contributed by atoms with E-state index < -0.39 is 0 Å². The third-order valence-corrected chi connectivity index (χ3v) is 4.14. The minimum atomic E-state index is -0.257. The Morgan fingerprint density at radius 1 is 1.37 bits per heavy atom. The number of anilines is 1. The number of halogens is 1. The van der Waals surface area contributed by atoms with E-state index in [1.165, 1.54) is 4.68 Å². The topological polar surface area (TPSA) is 87.4 Å². The number of aromatic nitrogens is 2. The predicted molar refractivity (Wildman–Crippen MR) is 80.8 cm³/mol. The fraction of sp³-hybridized carbons (Fsp3) is 0.636. The van der Waals surface area contributed by atoms with Crippen LogP contribution in [-0.4, -0.2) is 51.3 Å². The minimum Gasteiger partial charge on any atom is -0.396 e. The van der Waals surface area contributed by atoms with Gasteiger partial charge in [-0.3, -0.25) is 4.79 Å². The maximum Gasteiger partial charge on any atom is 0.283 e. The Bertz CT molecular complexity index is 442. The van der Waals surface area contributed by atoms with Crippen LogP contribution in [0.2, 0.25) is 0 Å². The molecule has 6 nitrogen and oxygen atoms in total. The number of hydrogen-bond donors (Lipinski definition) is 3. The number of nitrogens with one attached hydrogen (secondary N) is 1. The van der Waals surface area contributed by atoms with Gasteiger partial charge in [-0.15, -0.1) is 0 Å². The summed E-state index contributed by atoms with van der Waals surface area (Å²) in [5.74, 6) is 1.82. The zero-order chi connectivity index (χ0) is 14.1. The lowest BCUT2D eigenvalue weighted by molar-refractivity contribution is 0.266. The van der Waals surface area contributed by atoms with Crippen molar-refractivity contribution in [3.05, 3.63) is 21.0 Å².